The Hall–Kier alpha value is -2.58. The van der Waals surface area contributed by atoms with E-state index in [9.17, 15) is 18.0 Å². The molecule has 0 bridgehead atoms. The number of benzene rings is 2. The molecule has 3 rings (SSSR count). The summed E-state index contributed by atoms with van der Waals surface area (Å²) < 4.78 is 25.4. The van der Waals surface area contributed by atoms with Crippen LogP contribution >= 0.6 is 11.6 Å². The van der Waals surface area contributed by atoms with E-state index in [1.807, 2.05) is 12.1 Å². The molecule has 28 heavy (non-hydrogen) atoms. The molecule has 2 amide bonds. The highest BCUT2D eigenvalue weighted by Crippen LogP contribution is 2.26. The second kappa shape index (κ2) is 8.62. The molecule has 0 atom stereocenters. The Morgan fingerprint density at radius 1 is 1.07 bits per heavy atom. The Labute approximate surface area is 168 Å². The number of hydrogen-bond donors (Lipinski definition) is 2. The van der Waals surface area contributed by atoms with Crippen molar-refractivity contribution in [1.29, 1.82) is 0 Å². The van der Waals surface area contributed by atoms with Gasteiger partial charge >= 0.3 is 11.8 Å². The fourth-order valence-corrected chi connectivity index (χ4v) is 4.59. The third-order valence-corrected chi connectivity index (χ3v) is 6.43. The number of rotatable bonds is 5. The molecule has 1 heterocycles. The molecular weight excluding hydrogens is 402 g/mol. The molecule has 0 unspecified atom stereocenters. The number of halogens is 1. The van der Waals surface area contributed by atoms with Crippen molar-refractivity contribution in [3.8, 4) is 0 Å². The summed E-state index contributed by atoms with van der Waals surface area (Å²) in [5, 5.41) is 5.69. The van der Waals surface area contributed by atoms with Crippen molar-refractivity contribution in [1.82, 2.24) is 5.32 Å². The first-order valence-electron chi connectivity index (χ1n) is 8.79. The Kier molecular flexibility index (Phi) is 6.21. The van der Waals surface area contributed by atoms with Crippen LogP contribution in [0, 0.1) is 0 Å². The third-order valence-electron chi connectivity index (χ3n) is 4.31. The first-order valence-corrected chi connectivity index (χ1v) is 10.8. The van der Waals surface area contributed by atoms with Gasteiger partial charge in [-0.2, -0.15) is 0 Å². The van der Waals surface area contributed by atoms with Crippen molar-refractivity contribution < 1.29 is 18.0 Å². The summed E-state index contributed by atoms with van der Waals surface area (Å²) in [5.41, 5.74) is 1.82. The zero-order valence-corrected chi connectivity index (χ0v) is 16.6. The van der Waals surface area contributed by atoms with Crippen molar-refractivity contribution in [2.75, 3.05) is 28.5 Å². The van der Waals surface area contributed by atoms with E-state index >= 15 is 0 Å². The second-order valence-electron chi connectivity index (χ2n) is 6.38. The van der Waals surface area contributed by atoms with Gasteiger partial charge in [0.15, 0.2) is 0 Å². The lowest BCUT2D eigenvalue weighted by Gasteiger charge is -2.17. The summed E-state index contributed by atoms with van der Waals surface area (Å²) in [4.78, 5) is 24.1. The molecule has 148 valence electrons. The second-order valence-corrected chi connectivity index (χ2v) is 8.83. The van der Waals surface area contributed by atoms with Crippen LogP contribution in [0.5, 0.6) is 0 Å². The van der Waals surface area contributed by atoms with Crippen LogP contribution in [0.25, 0.3) is 0 Å². The topological polar surface area (TPSA) is 95.6 Å². The van der Waals surface area contributed by atoms with Gasteiger partial charge in [0.05, 0.1) is 11.4 Å². The molecular formula is C19H20ClN3O4S. The maximum absolute atomic E-state index is 12.1. The van der Waals surface area contributed by atoms with E-state index in [0.717, 1.165) is 5.56 Å². The Morgan fingerprint density at radius 3 is 2.50 bits per heavy atom. The molecule has 0 aromatic heterocycles. The van der Waals surface area contributed by atoms with Crippen molar-refractivity contribution in [3.05, 3.63) is 59.1 Å². The summed E-state index contributed by atoms with van der Waals surface area (Å²) in [5.74, 6) is -1.45. The predicted molar refractivity (Wildman–Crippen MR) is 109 cm³/mol. The Morgan fingerprint density at radius 2 is 1.82 bits per heavy atom. The summed E-state index contributed by atoms with van der Waals surface area (Å²) >= 11 is 5.82. The van der Waals surface area contributed by atoms with Gasteiger partial charge in [-0.3, -0.25) is 13.9 Å². The highest BCUT2D eigenvalue weighted by Gasteiger charge is 2.28. The fourth-order valence-electron chi connectivity index (χ4n) is 2.91. The van der Waals surface area contributed by atoms with E-state index < -0.39 is 21.8 Å². The van der Waals surface area contributed by atoms with Gasteiger partial charge in [0.2, 0.25) is 10.0 Å². The van der Waals surface area contributed by atoms with Crippen LogP contribution in [-0.2, 0) is 26.0 Å². The molecule has 1 fully saturated rings. The van der Waals surface area contributed by atoms with Gasteiger partial charge in [0.1, 0.15) is 0 Å². The lowest BCUT2D eigenvalue weighted by Crippen LogP contribution is -2.36. The molecule has 0 saturated carbocycles. The molecule has 2 N–H and O–H groups in total. The standard InChI is InChI=1S/C19H20ClN3O4S/c20-15-7-5-14(6-8-15)9-10-21-18(24)19(25)22-16-3-1-4-17(13-16)23-11-2-12-28(23,26)27/h1,3-8,13H,2,9-12H2,(H,21,24)(H,22,25). The van der Waals surface area contributed by atoms with Crippen molar-refractivity contribution in [2.24, 2.45) is 0 Å². The average molecular weight is 422 g/mol. The number of hydrogen-bond acceptors (Lipinski definition) is 4. The minimum Gasteiger partial charge on any atom is -0.347 e. The minimum atomic E-state index is -3.31. The zero-order chi connectivity index (χ0) is 20.1. The number of nitrogens with one attached hydrogen (secondary N) is 2. The molecule has 0 spiro atoms. The maximum atomic E-state index is 12.1. The van der Waals surface area contributed by atoms with Crippen LogP contribution < -0.4 is 14.9 Å². The first kappa shape index (κ1) is 20.2. The zero-order valence-electron chi connectivity index (χ0n) is 15.0. The van der Waals surface area contributed by atoms with Crippen LogP contribution in [0.3, 0.4) is 0 Å². The summed E-state index contributed by atoms with van der Waals surface area (Å²) in [6.45, 7) is 0.713. The highest BCUT2D eigenvalue weighted by molar-refractivity contribution is 7.93. The van der Waals surface area contributed by atoms with Crippen molar-refractivity contribution >= 4 is 44.8 Å². The van der Waals surface area contributed by atoms with Crippen molar-refractivity contribution in [2.45, 2.75) is 12.8 Å². The largest absolute Gasteiger partial charge is 0.347 e. The number of nitrogens with zero attached hydrogens (tertiary/aromatic N) is 1. The molecule has 1 aliphatic heterocycles. The molecule has 0 aliphatic carbocycles. The number of carbonyl (C=O) groups is 2. The molecule has 9 heteroatoms. The molecule has 2 aromatic rings. The van der Waals surface area contributed by atoms with E-state index in [4.69, 9.17) is 11.6 Å². The lowest BCUT2D eigenvalue weighted by molar-refractivity contribution is -0.136. The monoisotopic (exact) mass is 421 g/mol. The molecule has 7 nitrogen and oxygen atoms in total. The van der Waals surface area contributed by atoms with Crippen LogP contribution in [-0.4, -0.2) is 39.1 Å². The van der Waals surface area contributed by atoms with Gasteiger partial charge in [-0.15, -0.1) is 0 Å². The van der Waals surface area contributed by atoms with E-state index in [1.54, 1.807) is 36.4 Å². The molecule has 1 saturated heterocycles. The van der Waals surface area contributed by atoms with Gasteiger partial charge in [0.25, 0.3) is 0 Å². The highest BCUT2D eigenvalue weighted by atomic mass is 35.5. The average Bonchev–Trinajstić information content (AvgIpc) is 3.02. The lowest BCUT2D eigenvalue weighted by atomic mass is 10.1. The molecule has 2 aromatic carbocycles. The predicted octanol–water partition coefficient (Wildman–Crippen LogP) is 2.18. The number of carbonyl (C=O) groups excluding carboxylic acids is 2. The van der Waals surface area contributed by atoms with E-state index in [-0.39, 0.29) is 5.75 Å². The van der Waals surface area contributed by atoms with E-state index in [2.05, 4.69) is 10.6 Å². The van der Waals surface area contributed by atoms with Gasteiger partial charge in [-0.05, 0) is 48.7 Å². The Balaban J connectivity index is 1.54. The van der Waals surface area contributed by atoms with Crippen LogP contribution in [0.2, 0.25) is 5.02 Å². The molecule has 1 aliphatic rings. The number of sulfonamides is 1. The first-order chi connectivity index (χ1) is 13.3. The quantitative estimate of drug-likeness (QED) is 0.723. The van der Waals surface area contributed by atoms with E-state index in [0.29, 0.717) is 42.3 Å². The van der Waals surface area contributed by atoms with Crippen LogP contribution in [0.15, 0.2) is 48.5 Å². The number of anilines is 2. The molecule has 0 radical (unpaired) electrons. The van der Waals surface area contributed by atoms with Gasteiger partial charge in [0, 0.05) is 23.8 Å². The van der Waals surface area contributed by atoms with Gasteiger partial charge in [-0.1, -0.05) is 29.8 Å². The SMILES string of the molecule is O=C(NCCc1ccc(Cl)cc1)C(=O)Nc1cccc(N2CCCS2(=O)=O)c1. The summed E-state index contributed by atoms with van der Waals surface area (Å²) in [6, 6.07) is 13.7. The normalized spacial score (nSPS) is 15.2. The number of amides is 2. The third kappa shape index (κ3) is 5.02. The fraction of sp³-hybridized carbons (Fsp3) is 0.263. The summed E-state index contributed by atoms with van der Waals surface area (Å²) in [7, 11) is -3.31. The smallest absolute Gasteiger partial charge is 0.313 e. The van der Waals surface area contributed by atoms with Gasteiger partial charge in [-0.25, -0.2) is 8.42 Å². The van der Waals surface area contributed by atoms with Gasteiger partial charge < -0.3 is 10.6 Å². The summed E-state index contributed by atoms with van der Waals surface area (Å²) in [6.07, 6.45) is 1.13. The maximum Gasteiger partial charge on any atom is 0.313 e. The van der Waals surface area contributed by atoms with Crippen molar-refractivity contribution in [3.63, 3.8) is 0 Å². The van der Waals surface area contributed by atoms with Crippen LogP contribution in [0.1, 0.15) is 12.0 Å². The Bertz CT molecular complexity index is 977. The van der Waals surface area contributed by atoms with Crippen LogP contribution in [0.4, 0.5) is 11.4 Å². The van der Waals surface area contributed by atoms with E-state index in [1.165, 1.54) is 4.31 Å². The minimum absolute atomic E-state index is 0.111.